The second-order valence-corrected chi connectivity index (χ2v) is 8.97. The fourth-order valence-corrected chi connectivity index (χ4v) is 4.86. The van der Waals surface area contributed by atoms with Crippen molar-refractivity contribution in [1.29, 1.82) is 0 Å². The minimum Gasteiger partial charge on any atom is -0.344 e. The Kier molecular flexibility index (Phi) is 6.20. The van der Waals surface area contributed by atoms with Crippen LogP contribution in [0.5, 0.6) is 0 Å². The monoisotopic (exact) mass is 440 g/mol. The Morgan fingerprint density at radius 3 is 2.70 bits per heavy atom. The molecule has 1 N–H and O–H groups in total. The van der Waals surface area contributed by atoms with Crippen molar-refractivity contribution in [2.45, 2.75) is 17.4 Å². The summed E-state index contributed by atoms with van der Waals surface area (Å²) in [7, 11) is 0. The summed E-state index contributed by atoms with van der Waals surface area (Å²) in [5.41, 5.74) is 1.62. The smallest absolute Gasteiger partial charge is 0.227 e. The van der Waals surface area contributed by atoms with Gasteiger partial charge >= 0.3 is 0 Å². The highest BCUT2D eigenvalue weighted by atomic mass is 32.2. The van der Waals surface area contributed by atoms with Gasteiger partial charge in [0.25, 0.3) is 0 Å². The van der Waals surface area contributed by atoms with Crippen molar-refractivity contribution >= 4 is 40.6 Å². The third-order valence-corrected chi connectivity index (χ3v) is 6.84. The number of amides is 2. The van der Waals surface area contributed by atoms with Crippen LogP contribution in [0.2, 0.25) is 0 Å². The standard InChI is InChI=1S/C23H21FN2O2S2/c1-29-19-5-2-4-18(13-19)26-14-16(12-21(26)27)23(28)25-22(20-6-3-11-30-20)15-7-9-17(24)10-8-15/h2-11,13,16,22H,12,14H2,1H3,(H,25,28). The fraction of sp³-hybridized carbons (Fsp3) is 0.217. The van der Waals surface area contributed by atoms with Gasteiger partial charge in [-0.1, -0.05) is 24.3 Å². The predicted octanol–water partition coefficient (Wildman–Crippen LogP) is 4.87. The molecular weight excluding hydrogens is 419 g/mol. The van der Waals surface area contributed by atoms with Crippen LogP contribution in [0.4, 0.5) is 10.1 Å². The van der Waals surface area contributed by atoms with Crippen LogP contribution in [0, 0.1) is 11.7 Å². The van der Waals surface area contributed by atoms with E-state index in [4.69, 9.17) is 0 Å². The number of thioether (sulfide) groups is 1. The number of anilines is 1. The maximum absolute atomic E-state index is 13.4. The summed E-state index contributed by atoms with van der Waals surface area (Å²) in [5, 5.41) is 5.02. The molecule has 0 bridgehead atoms. The first-order valence-electron chi connectivity index (χ1n) is 9.59. The van der Waals surface area contributed by atoms with Gasteiger partial charge in [0.15, 0.2) is 0 Å². The average molecular weight is 441 g/mol. The lowest BCUT2D eigenvalue weighted by Gasteiger charge is -2.21. The number of carbonyl (C=O) groups excluding carboxylic acids is 2. The van der Waals surface area contributed by atoms with E-state index in [0.717, 1.165) is 21.0 Å². The Bertz CT molecular complexity index is 1040. The van der Waals surface area contributed by atoms with Gasteiger partial charge in [0, 0.05) is 28.4 Å². The number of carbonyl (C=O) groups is 2. The number of benzene rings is 2. The first-order chi connectivity index (χ1) is 14.5. The molecule has 7 heteroatoms. The molecule has 154 valence electrons. The molecule has 0 radical (unpaired) electrons. The number of hydrogen-bond donors (Lipinski definition) is 1. The Morgan fingerprint density at radius 2 is 2.00 bits per heavy atom. The second-order valence-electron chi connectivity index (χ2n) is 7.12. The zero-order valence-electron chi connectivity index (χ0n) is 16.4. The SMILES string of the molecule is CSc1cccc(N2CC(C(=O)NC(c3ccc(F)cc3)c3cccs3)CC2=O)c1. The summed E-state index contributed by atoms with van der Waals surface area (Å²) in [5.74, 6) is -0.977. The lowest BCUT2D eigenvalue weighted by atomic mass is 10.0. The van der Waals surface area contributed by atoms with Crippen LogP contribution >= 0.6 is 23.1 Å². The van der Waals surface area contributed by atoms with Gasteiger partial charge in [0.1, 0.15) is 5.82 Å². The molecule has 2 amide bonds. The third-order valence-electron chi connectivity index (χ3n) is 5.18. The van der Waals surface area contributed by atoms with E-state index in [1.807, 2.05) is 48.0 Å². The number of halogens is 1. The molecule has 0 spiro atoms. The Hall–Kier alpha value is -2.64. The minimum atomic E-state index is -0.432. The summed E-state index contributed by atoms with van der Waals surface area (Å²) < 4.78 is 13.4. The molecule has 2 unspecified atom stereocenters. The normalized spacial score (nSPS) is 17.2. The molecule has 1 fully saturated rings. The molecule has 1 aromatic heterocycles. The van der Waals surface area contributed by atoms with Crippen molar-refractivity contribution < 1.29 is 14.0 Å². The maximum Gasteiger partial charge on any atom is 0.227 e. The molecule has 4 nitrogen and oxygen atoms in total. The lowest BCUT2D eigenvalue weighted by molar-refractivity contribution is -0.126. The second kappa shape index (κ2) is 9.02. The Labute approximate surface area is 183 Å². The third kappa shape index (κ3) is 4.42. The highest BCUT2D eigenvalue weighted by Crippen LogP contribution is 2.30. The van der Waals surface area contributed by atoms with Crippen molar-refractivity contribution in [1.82, 2.24) is 5.32 Å². The average Bonchev–Trinajstić information content (AvgIpc) is 3.43. The van der Waals surface area contributed by atoms with Crippen LogP contribution in [-0.4, -0.2) is 24.6 Å². The van der Waals surface area contributed by atoms with E-state index in [9.17, 15) is 14.0 Å². The van der Waals surface area contributed by atoms with Crippen molar-refractivity contribution in [2.24, 2.45) is 5.92 Å². The summed E-state index contributed by atoms with van der Waals surface area (Å²) in [4.78, 5) is 29.4. The molecule has 2 aromatic carbocycles. The summed E-state index contributed by atoms with van der Waals surface area (Å²) in [6, 6.07) is 17.4. The van der Waals surface area contributed by atoms with Gasteiger partial charge in [0.2, 0.25) is 11.8 Å². The van der Waals surface area contributed by atoms with E-state index in [0.29, 0.717) is 6.54 Å². The van der Waals surface area contributed by atoms with Crippen molar-refractivity contribution in [3.05, 3.63) is 82.3 Å². The summed E-state index contributed by atoms with van der Waals surface area (Å²) in [6.45, 7) is 0.350. The molecule has 1 aliphatic heterocycles. The predicted molar refractivity (Wildman–Crippen MR) is 119 cm³/mol. The van der Waals surface area contributed by atoms with Crippen molar-refractivity contribution in [3.63, 3.8) is 0 Å². The van der Waals surface area contributed by atoms with Gasteiger partial charge in [-0.25, -0.2) is 4.39 Å². The zero-order chi connectivity index (χ0) is 21.1. The van der Waals surface area contributed by atoms with Crippen LogP contribution < -0.4 is 10.2 Å². The van der Waals surface area contributed by atoms with Crippen molar-refractivity contribution in [2.75, 3.05) is 17.7 Å². The molecule has 4 rings (SSSR count). The highest BCUT2D eigenvalue weighted by Gasteiger charge is 2.36. The van der Waals surface area contributed by atoms with E-state index in [-0.39, 0.29) is 30.1 Å². The van der Waals surface area contributed by atoms with E-state index in [1.165, 1.54) is 23.5 Å². The maximum atomic E-state index is 13.4. The van der Waals surface area contributed by atoms with E-state index < -0.39 is 5.92 Å². The molecule has 2 atom stereocenters. The number of nitrogens with one attached hydrogen (secondary N) is 1. The Balaban J connectivity index is 1.52. The summed E-state index contributed by atoms with van der Waals surface area (Å²) in [6.07, 6.45) is 2.16. The topological polar surface area (TPSA) is 49.4 Å². The van der Waals surface area contributed by atoms with Crippen LogP contribution in [0.1, 0.15) is 22.9 Å². The first kappa shape index (κ1) is 20.6. The Morgan fingerprint density at radius 1 is 1.20 bits per heavy atom. The quantitative estimate of drug-likeness (QED) is 0.557. The molecule has 30 heavy (non-hydrogen) atoms. The molecule has 0 saturated carbocycles. The van der Waals surface area contributed by atoms with E-state index in [2.05, 4.69) is 5.32 Å². The van der Waals surface area contributed by atoms with Gasteiger partial charge < -0.3 is 10.2 Å². The fourth-order valence-electron chi connectivity index (χ4n) is 3.60. The molecule has 0 aliphatic carbocycles. The number of nitrogens with zero attached hydrogens (tertiary/aromatic N) is 1. The molecule has 3 aromatic rings. The van der Waals surface area contributed by atoms with E-state index >= 15 is 0 Å². The van der Waals surface area contributed by atoms with Crippen LogP contribution in [0.15, 0.2) is 70.9 Å². The first-order valence-corrected chi connectivity index (χ1v) is 11.7. The van der Waals surface area contributed by atoms with Gasteiger partial charge in [-0.3, -0.25) is 9.59 Å². The zero-order valence-corrected chi connectivity index (χ0v) is 18.0. The molecule has 2 heterocycles. The van der Waals surface area contributed by atoms with Crippen LogP contribution in [0.3, 0.4) is 0 Å². The number of rotatable bonds is 6. The largest absolute Gasteiger partial charge is 0.344 e. The van der Waals surface area contributed by atoms with Gasteiger partial charge in [0.05, 0.1) is 12.0 Å². The van der Waals surface area contributed by atoms with Crippen LogP contribution in [-0.2, 0) is 9.59 Å². The minimum absolute atomic E-state index is 0.0529. The van der Waals surface area contributed by atoms with Gasteiger partial charge in [-0.2, -0.15) is 0 Å². The number of hydrogen-bond acceptors (Lipinski definition) is 4. The number of thiophene rings is 1. The lowest BCUT2D eigenvalue weighted by Crippen LogP contribution is -2.35. The van der Waals surface area contributed by atoms with Crippen molar-refractivity contribution in [3.8, 4) is 0 Å². The van der Waals surface area contributed by atoms with Crippen LogP contribution in [0.25, 0.3) is 0 Å². The molecule has 1 aliphatic rings. The summed E-state index contributed by atoms with van der Waals surface area (Å²) >= 11 is 3.14. The van der Waals surface area contributed by atoms with Gasteiger partial charge in [-0.05, 0) is 53.6 Å². The van der Waals surface area contributed by atoms with Gasteiger partial charge in [-0.15, -0.1) is 23.1 Å². The molecular formula is C23H21FN2O2S2. The van der Waals surface area contributed by atoms with E-state index in [1.54, 1.807) is 28.8 Å². The molecule has 1 saturated heterocycles. The highest BCUT2D eigenvalue weighted by molar-refractivity contribution is 7.98.